The second-order valence-corrected chi connectivity index (χ2v) is 4.68. The summed E-state index contributed by atoms with van der Waals surface area (Å²) in [6.07, 6.45) is 0. The summed E-state index contributed by atoms with van der Waals surface area (Å²) in [6, 6.07) is 8.21. The Balaban J connectivity index is 2.79. The van der Waals surface area contributed by atoms with Gasteiger partial charge in [-0.15, -0.1) is 0 Å². The first-order chi connectivity index (χ1) is 7.04. The highest BCUT2D eigenvalue weighted by molar-refractivity contribution is 5.79. The van der Waals surface area contributed by atoms with Crippen molar-refractivity contribution in [2.45, 2.75) is 26.3 Å². The van der Waals surface area contributed by atoms with Crippen molar-refractivity contribution in [3.8, 4) is 0 Å². The van der Waals surface area contributed by atoms with E-state index in [4.69, 9.17) is 0 Å². The summed E-state index contributed by atoms with van der Waals surface area (Å²) >= 11 is 0. The van der Waals surface area contributed by atoms with Crippen LogP contribution in [-0.4, -0.2) is 16.6 Å². The molecule has 0 bridgehead atoms. The summed E-state index contributed by atoms with van der Waals surface area (Å²) in [4.78, 5) is 4.55. The molecule has 0 saturated carbocycles. The highest BCUT2D eigenvalue weighted by atomic mass is 15.2. The van der Waals surface area contributed by atoms with Crippen molar-refractivity contribution in [1.29, 1.82) is 0 Å². The Bertz CT molecular complexity index is 477. The van der Waals surface area contributed by atoms with Crippen LogP contribution in [0.2, 0.25) is 0 Å². The first kappa shape index (κ1) is 10.0. The Morgan fingerprint density at radius 3 is 2.47 bits per heavy atom. The van der Waals surface area contributed by atoms with Crippen molar-refractivity contribution in [3.63, 3.8) is 0 Å². The molecule has 0 spiro atoms. The zero-order valence-corrected chi connectivity index (χ0v) is 9.70. The summed E-state index contributed by atoms with van der Waals surface area (Å²) in [5.41, 5.74) is 2.25. The van der Waals surface area contributed by atoms with Gasteiger partial charge in [0.2, 0.25) is 5.95 Å². The van der Waals surface area contributed by atoms with Crippen molar-refractivity contribution >= 4 is 17.0 Å². The molecular formula is C12H17N3. The molecule has 3 heteroatoms. The highest BCUT2D eigenvalue weighted by Gasteiger charge is 2.20. The number of hydrogen-bond acceptors (Lipinski definition) is 2. The van der Waals surface area contributed by atoms with Crippen LogP contribution < -0.4 is 5.32 Å². The third-order valence-electron chi connectivity index (χ3n) is 2.46. The smallest absolute Gasteiger partial charge is 0.204 e. The van der Waals surface area contributed by atoms with Gasteiger partial charge in [0.25, 0.3) is 0 Å². The van der Waals surface area contributed by atoms with E-state index in [9.17, 15) is 0 Å². The summed E-state index contributed by atoms with van der Waals surface area (Å²) in [5, 5.41) is 3.14. The van der Waals surface area contributed by atoms with Crippen molar-refractivity contribution in [2.24, 2.45) is 0 Å². The highest BCUT2D eigenvalue weighted by Crippen LogP contribution is 2.27. The quantitative estimate of drug-likeness (QED) is 0.772. The molecular weight excluding hydrogens is 186 g/mol. The lowest BCUT2D eigenvalue weighted by Crippen LogP contribution is -2.23. The van der Waals surface area contributed by atoms with Gasteiger partial charge in [-0.05, 0) is 32.9 Å². The molecule has 0 atom stereocenters. The Kier molecular flexibility index (Phi) is 2.18. The SMILES string of the molecule is CNc1nc2ccccc2n1C(C)(C)C. The number of hydrogen-bond donors (Lipinski definition) is 1. The van der Waals surface area contributed by atoms with Gasteiger partial charge in [0, 0.05) is 12.6 Å². The van der Waals surface area contributed by atoms with E-state index < -0.39 is 0 Å². The van der Waals surface area contributed by atoms with Gasteiger partial charge in [0.05, 0.1) is 11.0 Å². The number of benzene rings is 1. The van der Waals surface area contributed by atoms with Gasteiger partial charge in [-0.3, -0.25) is 0 Å². The maximum Gasteiger partial charge on any atom is 0.204 e. The van der Waals surface area contributed by atoms with Crippen LogP contribution in [-0.2, 0) is 5.54 Å². The lowest BCUT2D eigenvalue weighted by Gasteiger charge is -2.24. The molecule has 15 heavy (non-hydrogen) atoms. The number of nitrogens with zero attached hydrogens (tertiary/aromatic N) is 2. The molecule has 0 radical (unpaired) electrons. The average Bonchev–Trinajstić information content (AvgIpc) is 2.54. The Hall–Kier alpha value is -1.51. The van der Waals surface area contributed by atoms with Gasteiger partial charge in [-0.1, -0.05) is 12.1 Å². The van der Waals surface area contributed by atoms with Crippen molar-refractivity contribution in [1.82, 2.24) is 9.55 Å². The summed E-state index contributed by atoms with van der Waals surface area (Å²) in [5.74, 6) is 0.920. The van der Waals surface area contributed by atoms with Gasteiger partial charge in [-0.2, -0.15) is 0 Å². The van der Waals surface area contributed by atoms with Crippen molar-refractivity contribution in [3.05, 3.63) is 24.3 Å². The van der Waals surface area contributed by atoms with Crippen LogP contribution >= 0.6 is 0 Å². The fourth-order valence-electron chi connectivity index (χ4n) is 1.87. The van der Waals surface area contributed by atoms with E-state index in [0.717, 1.165) is 11.5 Å². The number of imidazole rings is 1. The molecule has 0 saturated heterocycles. The topological polar surface area (TPSA) is 29.9 Å². The van der Waals surface area contributed by atoms with Gasteiger partial charge in [0.15, 0.2) is 0 Å². The van der Waals surface area contributed by atoms with Crippen LogP contribution in [0.5, 0.6) is 0 Å². The lowest BCUT2D eigenvalue weighted by molar-refractivity contribution is 0.414. The molecule has 80 valence electrons. The Morgan fingerprint density at radius 1 is 1.20 bits per heavy atom. The predicted molar refractivity (Wildman–Crippen MR) is 64.3 cm³/mol. The molecule has 1 heterocycles. The molecule has 3 nitrogen and oxygen atoms in total. The van der Waals surface area contributed by atoms with Crippen molar-refractivity contribution in [2.75, 3.05) is 12.4 Å². The second-order valence-electron chi connectivity index (χ2n) is 4.68. The second kappa shape index (κ2) is 3.26. The number of nitrogens with one attached hydrogen (secondary N) is 1. The third kappa shape index (κ3) is 1.58. The minimum atomic E-state index is 0.0362. The van der Waals surface area contributed by atoms with Crippen LogP contribution in [0.1, 0.15) is 20.8 Å². The predicted octanol–water partition coefficient (Wildman–Crippen LogP) is 2.83. The van der Waals surface area contributed by atoms with E-state index in [0.29, 0.717) is 0 Å². The molecule has 2 rings (SSSR count). The van der Waals surface area contributed by atoms with E-state index in [-0.39, 0.29) is 5.54 Å². The van der Waals surface area contributed by atoms with Gasteiger partial charge in [0.1, 0.15) is 0 Å². The molecule has 0 fully saturated rings. The normalized spacial score (nSPS) is 12.0. The molecule has 0 aliphatic rings. The van der Waals surface area contributed by atoms with E-state index in [1.54, 1.807) is 0 Å². The molecule has 1 aromatic heterocycles. The third-order valence-corrected chi connectivity index (χ3v) is 2.46. The molecule has 1 aromatic carbocycles. The van der Waals surface area contributed by atoms with Gasteiger partial charge >= 0.3 is 0 Å². The van der Waals surface area contributed by atoms with Crippen LogP contribution in [0.25, 0.3) is 11.0 Å². The molecule has 2 aromatic rings. The molecule has 0 aliphatic carbocycles. The van der Waals surface area contributed by atoms with Crippen molar-refractivity contribution < 1.29 is 0 Å². The van der Waals surface area contributed by atoms with Crippen LogP contribution in [0.3, 0.4) is 0 Å². The Labute approximate surface area is 90.1 Å². The summed E-state index contributed by atoms with van der Waals surface area (Å²) in [6.45, 7) is 6.55. The van der Waals surface area contributed by atoms with Gasteiger partial charge < -0.3 is 9.88 Å². The summed E-state index contributed by atoms with van der Waals surface area (Å²) < 4.78 is 2.22. The zero-order valence-electron chi connectivity index (χ0n) is 9.70. The molecule has 0 aliphatic heterocycles. The fourth-order valence-corrected chi connectivity index (χ4v) is 1.87. The number of anilines is 1. The van der Waals surface area contributed by atoms with E-state index in [1.165, 1.54) is 5.52 Å². The minimum absolute atomic E-state index is 0.0362. The number of para-hydroxylation sites is 2. The van der Waals surface area contributed by atoms with Crippen LogP contribution in [0, 0.1) is 0 Å². The van der Waals surface area contributed by atoms with E-state index in [1.807, 2.05) is 25.2 Å². The minimum Gasteiger partial charge on any atom is -0.359 e. The van der Waals surface area contributed by atoms with Crippen LogP contribution in [0.15, 0.2) is 24.3 Å². The average molecular weight is 203 g/mol. The monoisotopic (exact) mass is 203 g/mol. The number of fused-ring (bicyclic) bond motifs is 1. The molecule has 0 amide bonds. The number of rotatable bonds is 1. The van der Waals surface area contributed by atoms with Gasteiger partial charge in [-0.25, -0.2) is 4.98 Å². The van der Waals surface area contributed by atoms with E-state index in [2.05, 4.69) is 41.7 Å². The fraction of sp³-hybridized carbons (Fsp3) is 0.417. The maximum absolute atomic E-state index is 4.55. The van der Waals surface area contributed by atoms with E-state index >= 15 is 0 Å². The largest absolute Gasteiger partial charge is 0.359 e. The summed E-state index contributed by atoms with van der Waals surface area (Å²) in [7, 11) is 1.91. The maximum atomic E-state index is 4.55. The van der Waals surface area contributed by atoms with Crippen LogP contribution in [0.4, 0.5) is 5.95 Å². The lowest BCUT2D eigenvalue weighted by atomic mass is 10.1. The standard InChI is InChI=1S/C12H17N3/c1-12(2,3)15-10-8-6-5-7-9(10)14-11(15)13-4/h5-8H,1-4H3,(H,13,14). The number of aromatic nitrogens is 2. The zero-order chi connectivity index (χ0) is 11.1. The first-order valence-corrected chi connectivity index (χ1v) is 5.20. The molecule has 0 unspecified atom stereocenters. The Morgan fingerprint density at radius 2 is 1.87 bits per heavy atom. The first-order valence-electron chi connectivity index (χ1n) is 5.20. The molecule has 1 N–H and O–H groups in total.